The Labute approximate surface area is 152 Å². The van der Waals surface area contributed by atoms with Gasteiger partial charge in [-0.05, 0) is 35.9 Å². The van der Waals surface area contributed by atoms with E-state index in [1.807, 2.05) is 26.0 Å². The van der Waals surface area contributed by atoms with Crippen molar-refractivity contribution in [1.82, 2.24) is 4.98 Å². The first-order chi connectivity index (χ1) is 12.7. The van der Waals surface area contributed by atoms with E-state index in [0.29, 0.717) is 29.2 Å². The lowest BCUT2D eigenvalue weighted by atomic mass is 9.93. The summed E-state index contributed by atoms with van der Waals surface area (Å²) in [5.41, 5.74) is 3.57. The van der Waals surface area contributed by atoms with Gasteiger partial charge in [-0.3, -0.25) is 9.78 Å². The average Bonchev–Trinajstić information content (AvgIpc) is 2.68. The van der Waals surface area contributed by atoms with E-state index in [4.69, 9.17) is 10.00 Å². The number of nitrogens with one attached hydrogen (secondary N) is 1. The first-order valence-corrected chi connectivity index (χ1v) is 8.09. The van der Waals surface area contributed by atoms with Crippen LogP contribution >= 0.6 is 0 Å². The van der Waals surface area contributed by atoms with E-state index in [1.165, 1.54) is 0 Å². The maximum absolute atomic E-state index is 12.6. The second-order valence-electron chi connectivity index (χ2n) is 5.79. The van der Waals surface area contributed by atoms with E-state index in [1.54, 1.807) is 48.8 Å². The molecule has 3 rings (SSSR count). The van der Waals surface area contributed by atoms with Gasteiger partial charge in [-0.1, -0.05) is 29.7 Å². The summed E-state index contributed by atoms with van der Waals surface area (Å²) in [5, 5.41) is 11.7. The Bertz CT molecular complexity index is 951. The zero-order valence-corrected chi connectivity index (χ0v) is 14.3. The van der Waals surface area contributed by atoms with E-state index in [2.05, 4.69) is 16.4 Å². The van der Waals surface area contributed by atoms with Gasteiger partial charge in [-0.15, -0.1) is 0 Å². The predicted octanol–water partition coefficient (Wildman–Crippen LogP) is 2.04. The van der Waals surface area contributed by atoms with Crippen LogP contribution in [-0.4, -0.2) is 18.7 Å². The van der Waals surface area contributed by atoms with Crippen LogP contribution in [0.5, 0.6) is 5.75 Å². The van der Waals surface area contributed by atoms with Crippen LogP contribution in [0.3, 0.4) is 0 Å². The van der Waals surface area contributed by atoms with Gasteiger partial charge in [0.1, 0.15) is 20.2 Å². The molecule has 0 radical (unpaired) electrons. The average molecular weight is 341 g/mol. The number of ether oxygens (including phenoxy) is 1. The van der Waals surface area contributed by atoms with Gasteiger partial charge in [0.2, 0.25) is 0 Å². The molecule has 0 aliphatic heterocycles. The fraction of sp³-hybridized carbons (Fsp3) is 0.0500. The minimum atomic E-state index is -0.253. The van der Waals surface area contributed by atoms with Crippen molar-refractivity contribution < 1.29 is 9.53 Å². The minimum absolute atomic E-state index is 0.253. The molecule has 0 spiro atoms. The van der Waals surface area contributed by atoms with Crippen LogP contribution in [0.1, 0.15) is 21.5 Å². The highest BCUT2D eigenvalue weighted by molar-refractivity contribution is 6.33. The Morgan fingerprint density at radius 3 is 2.69 bits per heavy atom. The molecule has 1 heterocycles. The number of aromatic nitrogens is 1. The topological polar surface area (TPSA) is 75.0 Å². The molecular formula is C20H16BN3O2. The fourth-order valence-electron chi connectivity index (χ4n) is 2.42. The first-order valence-electron chi connectivity index (χ1n) is 8.09. The van der Waals surface area contributed by atoms with Gasteiger partial charge >= 0.3 is 0 Å². The van der Waals surface area contributed by atoms with Gasteiger partial charge in [0, 0.05) is 6.20 Å². The van der Waals surface area contributed by atoms with E-state index >= 15 is 0 Å². The van der Waals surface area contributed by atoms with Crippen molar-refractivity contribution in [3.05, 3.63) is 83.7 Å². The molecule has 126 valence electrons. The summed E-state index contributed by atoms with van der Waals surface area (Å²) in [6, 6.07) is 18.2. The molecule has 0 aliphatic rings. The molecule has 0 aliphatic carbocycles. The number of carbonyl (C=O) groups is 1. The van der Waals surface area contributed by atoms with Crippen LogP contribution < -0.4 is 15.5 Å². The van der Waals surface area contributed by atoms with Gasteiger partial charge in [0.05, 0.1) is 29.1 Å². The molecule has 3 aromatic rings. The van der Waals surface area contributed by atoms with E-state index in [0.717, 1.165) is 11.0 Å². The molecule has 1 N–H and O–H groups in total. The van der Waals surface area contributed by atoms with E-state index in [-0.39, 0.29) is 5.91 Å². The second kappa shape index (κ2) is 7.99. The molecule has 0 atom stereocenters. The van der Waals surface area contributed by atoms with Crippen LogP contribution in [-0.2, 0) is 6.61 Å². The lowest BCUT2D eigenvalue weighted by molar-refractivity contribution is 0.102. The highest BCUT2D eigenvalue weighted by atomic mass is 16.5. The summed E-state index contributed by atoms with van der Waals surface area (Å²) in [5.74, 6) is 0.248. The Hall–Kier alpha value is -3.59. The molecule has 6 heteroatoms. The largest absolute Gasteiger partial charge is 0.488 e. The number of amides is 1. The number of hydrogen-bond acceptors (Lipinski definition) is 4. The molecule has 26 heavy (non-hydrogen) atoms. The van der Waals surface area contributed by atoms with E-state index < -0.39 is 0 Å². The molecule has 1 amide bonds. The van der Waals surface area contributed by atoms with Gasteiger partial charge < -0.3 is 10.1 Å². The number of pyridine rings is 1. The summed E-state index contributed by atoms with van der Waals surface area (Å²) < 4.78 is 5.85. The zero-order valence-electron chi connectivity index (χ0n) is 14.3. The monoisotopic (exact) mass is 341 g/mol. The molecule has 5 nitrogen and oxygen atoms in total. The maximum Gasteiger partial charge on any atom is 0.259 e. The Morgan fingerprint density at radius 1 is 1.19 bits per heavy atom. The third-order valence-electron chi connectivity index (χ3n) is 3.78. The lowest BCUT2D eigenvalue weighted by Gasteiger charge is -2.13. The standard InChI is InChI=1S/C20H16BN3O2/c21-16-7-8-19(26-13-15-5-3-14(11-22)4-6-15)18(10-16)20(25)24-17-2-1-9-23-12-17/h1-10,12H,13,21H2,(H,24,25). The van der Waals surface area contributed by atoms with Crippen LogP contribution in [0.25, 0.3) is 0 Å². The number of rotatable bonds is 5. The van der Waals surface area contributed by atoms with Crippen molar-refractivity contribution in [2.75, 3.05) is 5.32 Å². The number of hydrogen-bond donors (Lipinski definition) is 1. The minimum Gasteiger partial charge on any atom is -0.488 e. The SMILES string of the molecule is Bc1ccc(OCc2ccc(C#N)cc2)c(C(=O)Nc2cccnc2)c1. The van der Waals surface area contributed by atoms with Crippen LogP contribution in [0.4, 0.5) is 5.69 Å². The van der Waals surface area contributed by atoms with E-state index in [9.17, 15) is 4.79 Å². The van der Waals surface area contributed by atoms with Crippen molar-refractivity contribution in [3.8, 4) is 11.8 Å². The van der Waals surface area contributed by atoms with Gasteiger partial charge in [-0.25, -0.2) is 0 Å². The number of benzene rings is 2. The van der Waals surface area contributed by atoms with Crippen molar-refractivity contribution in [3.63, 3.8) is 0 Å². The molecule has 0 saturated heterocycles. The summed E-state index contributed by atoms with van der Waals surface area (Å²) in [7, 11) is 1.92. The third kappa shape index (κ3) is 4.28. The van der Waals surface area contributed by atoms with Crippen molar-refractivity contribution in [2.24, 2.45) is 0 Å². The maximum atomic E-state index is 12.6. The molecule has 0 fully saturated rings. The molecule has 0 unspecified atom stereocenters. The zero-order chi connectivity index (χ0) is 18.4. The third-order valence-corrected chi connectivity index (χ3v) is 3.78. The predicted molar refractivity (Wildman–Crippen MR) is 102 cm³/mol. The van der Waals surface area contributed by atoms with Crippen LogP contribution in [0.15, 0.2) is 67.0 Å². The number of anilines is 1. The molecular weight excluding hydrogens is 325 g/mol. The molecule has 2 aromatic carbocycles. The first kappa shape index (κ1) is 17.2. The Balaban J connectivity index is 1.76. The Kier molecular flexibility index (Phi) is 5.30. The summed E-state index contributed by atoms with van der Waals surface area (Å²) in [6.07, 6.45) is 3.24. The number of nitriles is 1. The quantitative estimate of drug-likeness (QED) is 0.721. The molecule has 0 bridgehead atoms. The summed E-state index contributed by atoms with van der Waals surface area (Å²) in [4.78, 5) is 16.6. The highest BCUT2D eigenvalue weighted by Crippen LogP contribution is 2.20. The van der Waals surface area contributed by atoms with Crippen LogP contribution in [0, 0.1) is 11.3 Å². The van der Waals surface area contributed by atoms with Crippen LogP contribution in [0.2, 0.25) is 0 Å². The highest BCUT2D eigenvalue weighted by Gasteiger charge is 2.13. The van der Waals surface area contributed by atoms with Crippen molar-refractivity contribution in [1.29, 1.82) is 5.26 Å². The second-order valence-corrected chi connectivity index (χ2v) is 5.79. The number of carbonyl (C=O) groups excluding carboxylic acids is 1. The normalized spacial score (nSPS) is 9.96. The summed E-state index contributed by atoms with van der Waals surface area (Å²) in [6.45, 7) is 0.307. The van der Waals surface area contributed by atoms with Gasteiger partial charge in [0.25, 0.3) is 5.91 Å². The van der Waals surface area contributed by atoms with Gasteiger partial charge in [0.15, 0.2) is 0 Å². The number of nitrogens with zero attached hydrogens (tertiary/aromatic N) is 2. The summed E-state index contributed by atoms with van der Waals surface area (Å²) >= 11 is 0. The van der Waals surface area contributed by atoms with Gasteiger partial charge in [-0.2, -0.15) is 5.26 Å². The molecule has 1 aromatic heterocycles. The lowest BCUT2D eigenvalue weighted by Crippen LogP contribution is -2.17. The van der Waals surface area contributed by atoms with Crippen molar-refractivity contribution >= 4 is 24.9 Å². The smallest absolute Gasteiger partial charge is 0.259 e. The Morgan fingerprint density at radius 2 is 2.00 bits per heavy atom. The fourth-order valence-corrected chi connectivity index (χ4v) is 2.42. The van der Waals surface area contributed by atoms with Crippen molar-refractivity contribution in [2.45, 2.75) is 6.61 Å². The molecule has 0 saturated carbocycles.